The van der Waals surface area contributed by atoms with Crippen molar-refractivity contribution < 1.29 is 0 Å². The van der Waals surface area contributed by atoms with Gasteiger partial charge in [-0.05, 0) is 40.8 Å². The highest BCUT2D eigenvalue weighted by molar-refractivity contribution is 6.35. The molecule has 3 rings (SSSR count). The number of anilines is 1. The Morgan fingerprint density at radius 2 is 1.83 bits per heavy atom. The molecule has 0 atom stereocenters. The molecule has 3 aromatic rings. The molecule has 0 saturated carbocycles. The molecule has 0 aliphatic carbocycles. The van der Waals surface area contributed by atoms with Gasteiger partial charge in [0.25, 0.3) is 0 Å². The largest absolute Gasteiger partial charge is 0.279 e. The van der Waals surface area contributed by atoms with Crippen LogP contribution in [-0.2, 0) is 6.42 Å². The number of nitrogens with zero attached hydrogens (tertiary/aromatic N) is 5. The Morgan fingerprint density at radius 1 is 1.09 bits per heavy atom. The molecule has 0 amide bonds. The van der Waals surface area contributed by atoms with Crippen LogP contribution in [0.15, 0.2) is 53.6 Å². The van der Waals surface area contributed by atoms with Crippen LogP contribution in [0.3, 0.4) is 0 Å². The molecule has 0 unspecified atom stereocenters. The van der Waals surface area contributed by atoms with Gasteiger partial charge in [-0.3, -0.25) is 5.43 Å². The summed E-state index contributed by atoms with van der Waals surface area (Å²) >= 11 is 11.9. The first-order valence-electron chi connectivity index (χ1n) is 6.79. The van der Waals surface area contributed by atoms with Gasteiger partial charge >= 0.3 is 0 Å². The summed E-state index contributed by atoms with van der Waals surface area (Å²) in [5, 5.41) is 16.9. The lowest BCUT2D eigenvalue weighted by molar-refractivity contribution is 0.776. The van der Waals surface area contributed by atoms with Gasteiger partial charge in [0.2, 0.25) is 0 Å². The molecule has 6 nitrogen and oxygen atoms in total. The average molecular weight is 347 g/mol. The molecular weight excluding hydrogens is 335 g/mol. The number of benzene rings is 2. The zero-order chi connectivity index (χ0) is 16.1. The highest BCUT2D eigenvalue weighted by Crippen LogP contribution is 2.22. The van der Waals surface area contributed by atoms with Crippen molar-refractivity contribution in [3.63, 3.8) is 0 Å². The van der Waals surface area contributed by atoms with Gasteiger partial charge in [-0.15, -0.1) is 5.10 Å². The second kappa shape index (κ2) is 7.21. The van der Waals surface area contributed by atoms with Gasteiger partial charge in [-0.25, -0.2) is 0 Å². The van der Waals surface area contributed by atoms with Crippen molar-refractivity contribution in [1.29, 1.82) is 0 Å². The zero-order valence-corrected chi connectivity index (χ0v) is 13.4. The van der Waals surface area contributed by atoms with Crippen LogP contribution >= 0.6 is 23.2 Å². The molecule has 0 saturated heterocycles. The molecule has 23 heavy (non-hydrogen) atoms. The molecule has 2 aromatic carbocycles. The topological polar surface area (TPSA) is 68.0 Å². The van der Waals surface area contributed by atoms with E-state index in [1.807, 2.05) is 30.3 Å². The first kappa shape index (κ1) is 15.5. The monoisotopic (exact) mass is 346 g/mol. The summed E-state index contributed by atoms with van der Waals surface area (Å²) in [6.45, 7) is 0. The van der Waals surface area contributed by atoms with Gasteiger partial charge in [0.15, 0.2) is 5.82 Å². The number of tetrazole rings is 1. The van der Waals surface area contributed by atoms with Gasteiger partial charge in [-0.1, -0.05) is 41.4 Å². The molecule has 0 fully saturated rings. The maximum Gasteiger partial charge on any atom is 0.162 e. The highest BCUT2D eigenvalue weighted by Gasteiger charge is 2.06. The van der Waals surface area contributed by atoms with Crippen LogP contribution in [-0.4, -0.2) is 26.4 Å². The van der Waals surface area contributed by atoms with Gasteiger partial charge in [-0.2, -0.15) is 9.78 Å². The van der Waals surface area contributed by atoms with Crippen LogP contribution in [0.25, 0.3) is 5.69 Å². The minimum Gasteiger partial charge on any atom is -0.279 e. The highest BCUT2D eigenvalue weighted by atomic mass is 35.5. The average Bonchev–Trinajstić information content (AvgIpc) is 3.00. The molecule has 116 valence electrons. The van der Waals surface area contributed by atoms with Crippen LogP contribution < -0.4 is 5.43 Å². The van der Waals surface area contributed by atoms with Gasteiger partial charge in [0, 0.05) is 22.7 Å². The molecule has 0 radical (unpaired) electrons. The summed E-state index contributed by atoms with van der Waals surface area (Å²) in [5.41, 5.74) is 4.48. The summed E-state index contributed by atoms with van der Waals surface area (Å²) in [5.74, 6) is 0.686. The fraction of sp³-hybridized carbons (Fsp3) is 0.0667. The van der Waals surface area contributed by atoms with Gasteiger partial charge in [0.05, 0.1) is 11.4 Å². The summed E-state index contributed by atoms with van der Waals surface area (Å²) < 4.78 is 1.67. The van der Waals surface area contributed by atoms with Crippen molar-refractivity contribution in [2.45, 2.75) is 6.42 Å². The number of hydrazone groups is 1. The summed E-state index contributed by atoms with van der Waals surface area (Å²) in [6, 6.07) is 14.8. The van der Waals surface area contributed by atoms with Crippen molar-refractivity contribution >= 4 is 35.1 Å². The molecular formula is C15H12Cl2N6. The minimum absolute atomic E-state index is 0.475. The van der Waals surface area contributed by atoms with Crippen LogP contribution in [0.1, 0.15) is 5.82 Å². The molecule has 0 aliphatic heterocycles. The van der Waals surface area contributed by atoms with E-state index in [0.29, 0.717) is 28.0 Å². The van der Waals surface area contributed by atoms with E-state index in [-0.39, 0.29) is 0 Å². The quantitative estimate of drug-likeness (QED) is 0.566. The Morgan fingerprint density at radius 3 is 2.57 bits per heavy atom. The lowest BCUT2D eigenvalue weighted by atomic mass is 10.3. The third kappa shape index (κ3) is 4.06. The van der Waals surface area contributed by atoms with E-state index in [1.54, 1.807) is 29.1 Å². The molecule has 8 heteroatoms. The number of para-hydroxylation sites is 1. The molecule has 0 aliphatic rings. The van der Waals surface area contributed by atoms with Crippen molar-refractivity contribution in [3.05, 3.63) is 64.4 Å². The van der Waals surface area contributed by atoms with Crippen molar-refractivity contribution in [2.24, 2.45) is 5.10 Å². The van der Waals surface area contributed by atoms with Crippen molar-refractivity contribution in [1.82, 2.24) is 20.2 Å². The number of halogens is 2. The Hall–Kier alpha value is -2.44. The molecule has 1 N–H and O–H groups in total. The Kier molecular flexibility index (Phi) is 4.85. The predicted molar refractivity (Wildman–Crippen MR) is 91.4 cm³/mol. The first-order valence-corrected chi connectivity index (χ1v) is 7.54. The summed E-state index contributed by atoms with van der Waals surface area (Å²) in [6.07, 6.45) is 2.16. The van der Waals surface area contributed by atoms with E-state index < -0.39 is 0 Å². The second-order valence-corrected chi connectivity index (χ2v) is 5.50. The molecule has 0 bridgehead atoms. The molecule has 0 spiro atoms. The Labute approximate surface area is 142 Å². The fourth-order valence-electron chi connectivity index (χ4n) is 1.97. The number of hydrogen-bond acceptors (Lipinski definition) is 5. The predicted octanol–water partition coefficient (Wildman–Crippen LogP) is 3.61. The van der Waals surface area contributed by atoms with Crippen LogP contribution in [0.2, 0.25) is 10.0 Å². The van der Waals surface area contributed by atoms with E-state index in [4.69, 9.17) is 23.2 Å². The number of rotatable bonds is 5. The van der Waals surface area contributed by atoms with Gasteiger partial charge in [0.1, 0.15) is 0 Å². The Bertz CT molecular complexity index is 796. The van der Waals surface area contributed by atoms with Crippen LogP contribution in [0, 0.1) is 0 Å². The normalized spacial score (nSPS) is 11.0. The van der Waals surface area contributed by atoms with E-state index in [9.17, 15) is 0 Å². The van der Waals surface area contributed by atoms with Crippen molar-refractivity contribution in [2.75, 3.05) is 5.43 Å². The maximum atomic E-state index is 5.93. The van der Waals surface area contributed by atoms with E-state index in [1.165, 1.54) is 0 Å². The van der Waals surface area contributed by atoms with Gasteiger partial charge < -0.3 is 0 Å². The van der Waals surface area contributed by atoms with Crippen LogP contribution in [0.4, 0.5) is 5.69 Å². The zero-order valence-electron chi connectivity index (χ0n) is 11.9. The van der Waals surface area contributed by atoms with E-state index in [0.717, 1.165) is 5.69 Å². The standard InChI is InChI=1S/C15H12Cl2N6/c16-11-8-12(17)10-13(9-11)19-18-7-6-15-20-21-22-23(15)14-4-2-1-3-5-14/h1-5,7-10,19H,6H2. The lowest BCUT2D eigenvalue weighted by Crippen LogP contribution is -2.04. The summed E-state index contributed by atoms with van der Waals surface area (Å²) in [7, 11) is 0. The third-order valence-electron chi connectivity index (χ3n) is 2.96. The van der Waals surface area contributed by atoms with Crippen molar-refractivity contribution in [3.8, 4) is 5.69 Å². The third-order valence-corrected chi connectivity index (χ3v) is 3.39. The number of aromatic nitrogens is 4. The minimum atomic E-state index is 0.475. The summed E-state index contributed by atoms with van der Waals surface area (Å²) in [4.78, 5) is 0. The number of hydrogen-bond donors (Lipinski definition) is 1. The van der Waals surface area contributed by atoms with Crippen LogP contribution in [0.5, 0.6) is 0 Å². The Balaban J connectivity index is 1.66. The SMILES string of the molecule is Clc1cc(Cl)cc(NN=CCc2nnnn2-c2ccccc2)c1. The molecule has 1 heterocycles. The fourth-order valence-corrected chi connectivity index (χ4v) is 2.49. The molecule has 1 aromatic heterocycles. The smallest absolute Gasteiger partial charge is 0.162 e. The van der Waals surface area contributed by atoms with E-state index in [2.05, 4.69) is 26.1 Å². The second-order valence-electron chi connectivity index (χ2n) is 4.63. The maximum absolute atomic E-state index is 5.93. The van der Waals surface area contributed by atoms with E-state index >= 15 is 0 Å². The lowest BCUT2D eigenvalue weighted by Gasteiger charge is -2.03. The first-order chi connectivity index (χ1) is 11.2. The number of nitrogens with one attached hydrogen (secondary N) is 1.